The summed E-state index contributed by atoms with van der Waals surface area (Å²) in [6.45, 7) is 5.27. The van der Waals surface area contributed by atoms with Gasteiger partial charge in [-0.05, 0) is 38.5 Å². The number of rotatable bonds is 4. The SMILES string of the molecule is Cc1nc(C)c(CC(=O)N(C)[C@H](C)c2ccc(F)cc2)c(=O)[nH]1. The number of hydrogen-bond acceptors (Lipinski definition) is 3. The molecule has 5 nitrogen and oxygen atoms in total. The van der Waals surface area contributed by atoms with Crippen LogP contribution in [-0.4, -0.2) is 27.8 Å². The molecule has 1 N–H and O–H groups in total. The van der Waals surface area contributed by atoms with Crippen molar-refractivity contribution >= 4 is 5.91 Å². The van der Waals surface area contributed by atoms with E-state index in [1.165, 1.54) is 12.1 Å². The Kier molecular flexibility index (Phi) is 4.93. The van der Waals surface area contributed by atoms with Gasteiger partial charge in [-0.2, -0.15) is 0 Å². The maximum Gasteiger partial charge on any atom is 0.254 e. The van der Waals surface area contributed by atoms with Crippen LogP contribution in [0.1, 0.15) is 35.6 Å². The molecule has 1 amide bonds. The van der Waals surface area contributed by atoms with Gasteiger partial charge in [0.2, 0.25) is 5.91 Å². The molecule has 1 heterocycles. The van der Waals surface area contributed by atoms with Crippen molar-refractivity contribution in [2.45, 2.75) is 33.2 Å². The lowest BCUT2D eigenvalue weighted by Crippen LogP contribution is -2.33. The number of aromatic nitrogens is 2. The van der Waals surface area contributed by atoms with E-state index in [0.29, 0.717) is 17.1 Å². The Bertz CT molecular complexity index is 768. The van der Waals surface area contributed by atoms with E-state index >= 15 is 0 Å². The van der Waals surface area contributed by atoms with Crippen LogP contribution in [0.3, 0.4) is 0 Å². The minimum Gasteiger partial charge on any atom is -0.339 e. The van der Waals surface area contributed by atoms with E-state index < -0.39 is 0 Å². The highest BCUT2D eigenvalue weighted by atomic mass is 19.1. The van der Waals surface area contributed by atoms with Gasteiger partial charge in [0.05, 0.1) is 12.5 Å². The number of H-pyrrole nitrogens is 1. The summed E-state index contributed by atoms with van der Waals surface area (Å²) >= 11 is 0. The second-order valence-electron chi connectivity index (χ2n) is 5.62. The van der Waals surface area contributed by atoms with Crippen LogP contribution < -0.4 is 5.56 Å². The number of amides is 1. The van der Waals surface area contributed by atoms with E-state index in [1.807, 2.05) is 6.92 Å². The molecule has 0 fully saturated rings. The summed E-state index contributed by atoms with van der Waals surface area (Å²) in [6.07, 6.45) is -0.0174. The molecule has 1 atom stereocenters. The fourth-order valence-electron chi connectivity index (χ4n) is 2.42. The average molecular weight is 317 g/mol. The first-order chi connectivity index (χ1) is 10.8. The highest BCUT2D eigenvalue weighted by molar-refractivity contribution is 5.79. The maximum atomic E-state index is 13.0. The van der Waals surface area contributed by atoms with Crippen LogP contribution in [0, 0.1) is 19.7 Å². The molecule has 1 aromatic carbocycles. The lowest BCUT2D eigenvalue weighted by molar-refractivity contribution is -0.131. The smallest absolute Gasteiger partial charge is 0.254 e. The zero-order valence-electron chi connectivity index (χ0n) is 13.7. The lowest BCUT2D eigenvalue weighted by Gasteiger charge is -2.25. The van der Waals surface area contributed by atoms with Crippen molar-refractivity contribution in [3.05, 3.63) is 63.1 Å². The number of carbonyl (C=O) groups excluding carboxylic acids is 1. The molecule has 2 aromatic rings. The number of aromatic amines is 1. The van der Waals surface area contributed by atoms with Gasteiger partial charge in [0.25, 0.3) is 5.56 Å². The van der Waals surface area contributed by atoms with Crippen LogP contribution in [0.5, 0.6) is 0 Å². The van der Waals surface area contributed by atoms with Crippen molar-refractivity contribution in [2.24, 2.45) is 0 Å². The molecule has 0 aliphatic rings. The summed E-state index contributed by atoms with van der Waals surface area (Å²) in [5.74, 6) is 0.0145. The number of likely N-dealkylation sites (N-methyl/N-ethyl adjacent to an activating group) is 1. The van der Waals surface area contributed by atoms with Gasteiger partial charge in [0, 0.05) is 18.3 Å². The number of nitrogens with one attached hydrogen (secondary N) is 1. The second kappa shape index (κ2) is 6.73. The van der Waals surface area contributed by atoms with E-state index in [2.05, 4.69) is 9.97 Å². The highest BCUT2D eigenvalue weighted by Gasteiger charge is 2.20. The van der Waals surface area contributed by atoms with Gasteiger partial charge in [0.1, 0.15) is 11.6 Å². The number of aryl methyl sites for hydroxylation is 2. The zero-order valence-corrected chi connectivity index (χ0v) is 13.7. The van der Waals surface area contributed by atoms with Gasteiger partial charge in [-0.3, -0.25) is 9.59 Å². The topological polar surface area (TPSA) is 66.1 Å². The Morgan fingerprint density at radius 3 is 2.48 bits per heavy atom. The first-order valence-electron chi connectivity index (χ1n) is 7.37. The van der Waals surface area contributed by atoms with Crippen LogP contribution in [0.15, 0.2) is 29.1 Å². The van der Waals surface area contributed by atoms with Crippen LogP contribution in [0.4, 0.5) is 4.39 Å². The first-order valence-corrected chi connectivity index (χ1v) is 7.37. The Hall–Kier alpha value is -2.50. The van der Waals surface area contributed by atoms with Gasteiger partial charge >= 0.3 is 0 Å². The molecule has 1 aromatic heterocycles. The molecule has 0 saturated heterocycles. The Labute approximate surface area is 134 Å². The molecule has 23 heavy (non-hydrogen) atoms. The van der Waals surface area contributed by atoms with Crippen LogP contribution in [0.2, 0.25) is 0 Å². The van der Waals surface area contributed by atoms with Crippen molar-refractivity contribution in [3.63, 3.8) is 0 Å². The molecule has 0 saturated carbocycles. The Balaban J connectivity index is 2.17. The molecular weight excluding hydrogens is 297 g/mol. The number of halogens is 1. The van der Waals surface area contributed by atoms with Gasteiger partial charge < -0.3 is 9.88 Å². The third kappa shape index (κ3) is 3.83. The van der Waals surface area contributed by atoms with Gasteiger partial charge in [-0.25, -0.2) is 9.37 Å². The quantitative estimate of drug-likeness (QED) is 0.941. The van der Waals surface area contributed by atoms with Crippen LogP contribution in [-0.2, 0) is 11.2 Å². The summed E-state index contributed by atoms with van der Waals surface area (Å²) in [4.78, 5) is 32.8. The van der Waals surface area contributed by atoms with Crippen LogP contribution in [0.25, 0.3) is 0 Å². The van der Waals surface area contributed by atoms with Gasteiger partial charge in [-0.15, -0.1) is 0 Å². The Morgan fingerprint density at radius 2 is 1.91 bits per heavy atom. The molecule has 0 aliphatic heterocycles. The standard InChI is InChI=1S/C17H20FN3O2/c1-10-15(17(23)20-12(3)19-10)9-16(22)21(4)11(2)13-5-7-14(18)8-6-13/h5-8,11H,9H2,1-4H3,(H,19,20,23)/t11-/m1/s1. The fourth-order valence-corrected chi connectivity index (χ4v) is 2.42. The third-order valence-electron chi connectivity index (χ3n) is 4.00. The zero-order chi connectivity index (χ0) is 17.1. The molecule has 122 valence electrons. The Morgan fingerprint density at radius 1 is 1.30 bits per heavy atom. The second-order valence-corrected chi connectivity index (χ2v) is 5.62. The summed E-state index contributed by atoms with van der Waals surface area (Å²) in [6, 6.07) is 5.80. The number of carbonyl (C=O) groups is 1. The van der Waals surface area contributed by atoms with Crippen LogP contribution >= 0.6 is 0 Å². The molecule has 0 aliphatic carbocycles. The van der Waals surface area contributed by atoms with Gasteiger partial charge in [-0.1, -0.05) is 12.1 Å². The minimum absolute atomic E-state index is 0.0174. The molecule has 0 radical (unpaired) electrons. The maximum absolute atomic E-state index is 13.0. The first kappa shape index (κ1) is 16.9. The van der Waals surface area contributed by atoms with E-state index in [-0.39, 0.29) is 29.7 Å². The summed E-state index contributed by atoms with van der Waals surface area (Å²) in [5, 5.41) is 0. The molecule has 0 unspecified atom stereocenters. The largest absolute Gasteiger partial charge is 0.339 e. The minimum atomic E-state index is -0.317. The third-order valence-corrected chi connectivity index (χ3v) is 4.00. The van der Waals surface area contributed by atoms with E-state index in [9.17, 15) is 14.0 Å². The number of benzene rings is 1. The predicted molar refractivity (Wildman–Crippen MR) is 85.6 cm³/mol. The van der Waals surface area contributed by atoms with E-state index in [0.717, 1.165) is 5.56 Å². The average Bonchev–Trinajstić information content (AvgIpc) is 2.50. The van der Waals surface area contributed by atoms with Crippen molar-refractivity contribution in [3.8, 4) is 0 Å². The molecule has 6 heteroatoms. The monoisotopic (exact) mass is 317 g/mol. The summed E-state index contributed by atoms with van der Waals surface area (Å²) in [7, 11) is 1.67. The van der Waals surface area contributed by atoms with Crippen molar-refractivity contribution < 1.29 is 9.18 Å². The number of hydrogen-bond donors (Lipinski definition) is 1. The molecular formula is C17H20FN3O2. The van der Waals surface area contributed by atoms with Gasteiger partial charge in [0.15, 0.2) is 0 Å². The summed E-state index contributed by atoms with van der Waals surface area (Å²) < 4.78 is 13.0. The van der Waals surface area contributed by atoms with E-state index in [4.69, 9.17) is 0 Å². The fraction of sp³-hybridized carbons (Fsp3) is 0.353. The van der Waals surface area contributed by atoms with Crippen molar-refractivity contribution in [1.29, 1.82) is 0 Å². The molecule has 2 rings (SSSR count). The van der Waals surface area contributed by atoms with E-state index in [1.54, 1.807) is 37.9 Å². The molecule has 0 bridgehead atoms. The number of nitrogens with zero attached hydrogens (tertiary/aromatic N) is 2. The lowest BCUT2D eigenvalue weighted by atomic mass is 10.1. The predicted octanol–water partition coefficient (Wildman–Crippen LogP) is 2.29. The summed E-state index contributed by atoms with van der Waals surface area (Å²) in [5.41, 5.74) is 1.47. The van der Waals surface area contributed by atoms with Crippen molar-refractivity contribution in [2.75, 3.05) is 7.05 Å². The molecule has 0 spiro atoms. The highest BCUT2D eigenvalue weighted by Crippen LogP contribution is 2.19. The normalized spacial score (nSPS) is 12.0. The van der Waals surface area contributed by atoms with Crippen molar-refractivity contribution in [1.82, 2.24) is 14.9 Å².